The fourth-order valence-corrected chi connectivity index (χ4v) is 3.86. The zero-order valence-electron chi connectivity index (χ0n) is 14.7. The fraction of sp³-hybridized carbons (Fsp3) is 0.0417. The van der Waals surface area contributed by atoms with Crippen LogP contribution in [-0.2, 0) is 0 Å². The Labute approximate surface area is 157 Å². The number of rotatable bonds is 2. The standard InChI is InChI=1S/C24H18N2O/c27-24(18-9-2-1-3-10-18)26-15-14-17-8-4-5-11-19(17)23(26)21-16-25-22-13-7-6-12-20(21)22/h1-16,23,25H. The molecule has 3 heteroatoms. The molecule has 0 bridgehead atoms. The van der Waals surface area contributed by atoms with Gasteiger partial charge in [0.15, 0.2) is 0 Å². The molecule has 1 N–H and O–H groups in total. The molecule has 0 spiro atoms. The molecule has 1 amide bonds. The zero-order chi connectivity index (χ0) is 18.2. The molecule has 0 fully saturated rings. The van der Waals surface area contributed by atoms with Gasteiger partial charge in [-0.1, -0.05) is 60.7 Å². The van der Waals surface area contributed by atoms with E-state index in [1.807, 2.05) is 78.0 Å². The van der Waals surface area contributed by atoms with Crippen LogP contribution in [0.1, 0.15) is 33.1 Å². The molecule has 0 radical (unpaired) electrons. The van der Waals surface area contributed by atoms with Crippen LogP contribution in [0.2, 0.25) is 0 Å². The smallest absolute Gasteiger partial charge is 0.258 e. The second-order valence-corrected chi connectivity index (χ2v) is 6.72. The molecule has 0 saturated heterocycles. The van der Waals surface area contributed by atoms with Gasteiger partial charge in [0.2, 0.25) is 0 Å². The van der Waals surface area contributed by atoms with Crippen molar-refractivity contribution in [2.75, 3.05) is 0 Å². The third kappa shape index (κ3) is 2.56. The van der Waals surface area contributed by atoms with E-state index in [4.69, 9.17) is 0 Å². The van der Waals surface area contributed by atoms with E-state index >= 15 is 0 Å². The first kappa shape index (κ1) is 15.6. The SMILES string of the molecule is O=C(c1ccccc1)N1C=Cc2ccccc2C1c1c[nH]c2ccccc12. The summed E-state index contributed by atoms with van der Waals surface area (Å²) in [5.41, 5.74) is 5.14. The Hall–Kier alpha value is -3.59. The molecule has 3 nitrogen and oxygen atoms in total. The van der Waals surface area contributed by atoms with E-state index in [9.17, 15) is 4.79 Å². The first-order valence-electron chi connectivity index (χ1n) is 9.04. The maximum atomic E-state index is 13.3. The van der Waals surface area contributed by atoms with Crippen LogP contribution in [0.4, 0.5) is 0 Å². The summed E-state index contributed by atoms with van der Waals surface area (Å²) in [6.07, 6.45) is 5.95. The lowest BCUT2D eigenvalue weighted by atomic mass is 9.90. The summed E-state index contributed by atoms with van der Waals surface area (Å²) in [6.45, 7) is 0. The second kappa shape index (κ2) is 6.29. The van der Waals surface area contributed by atoms with Gasteiger partial charge < -0.3 is 9.88 Å². The van der Waals surface area contributed by atoms with Crippen molar-refractivity contribution < 1.29 is 4.79 Å². The Bertz CT molecular complexity index is 1160. The lowest BCUT2D eigenvalue weighted by Crippen LogP contribution is -2.33. The average molecular weight is 350 g/mol. The number of nitrogens with one attached hydrogen (secondary N) is 1. The number of fused-ring (bicyclic) bond motifs is 2. The van der Waals surface area contributed by atoms with Crippen LogP contribution < -0.4 is 0 Å². The molecule has 2 heterocycles. The van der Waals surface area contributed by atoms with E-state index < -0.39 is 0 Å². The molecule has 27 heavy (non-hydrogen) atoms. The number of nitrogens with zero attached hydrogens (tertiary/aromatic N) is 1. The molecule has 1 aliphatic rings. The van der Waals surface area contributed by atoms with Crippen LogP contribution in [0.3, 0.4) is 0 Å². The van der Waals surface area contributed by atoms with Gasteiger partial charge in [-0.05, 0) is 35.4 Å². The van der Waals surface area contributed by atoms with Crippen molar-refractivity contribution in [3.05, 3.63) is 114 Å². The maximum absolute atomic E-state index is 13.3. The molecule has 1 atom stereocenters. The van der Waals surface area contributed by atoms with Gasteiger partial charge in [0.05, 0.1) is 6.04 Å². The molecule has 0 saturated carbocycles. The third-order valence-corrected chi connectivity index (χ3v) is 5.15. The number of carbonyl (C=O) groups is 1. The number of H-pyrrole nitrogens is 1. The van der Waals surface area contributed by atoms with Gasteiger partial charge >= 0.3 is 0 Å². The molecular formula is C24H18N2O. The van der Waals surface area contributed by atoms with Crippen LogP contribution in [0, 0.1) is 0 Å². The molecular weight excluding hydrogens is 332 g/mol. The van der Waals surface area contributed by atoms with Gasteiger partial charge in [0, 0.05) is 34.4 Å². The highest BCUT2D eigenvalue weighted by Crippen LogP contribution is 2.39. The van der Waals surface area contributed by atoms with Crippen molar-refractivity contribution >= 4 is 22.9 Å². The van der Waals surface area contributed by atoms with E-state index in [-0.39, 0.29) is 11.9 Å². The first-order valence-corrected chi connectivity index (χ1v) is 9.04. The van der Waals surface area contributed by atoms with Crippen molar-refractivity contribution in [1.29, 1.82) is 0 Å². The van der Waals surface area contributed by atoms with Crippen molar-refractivity contribution in [3.8, 4) is 0 Å². The molecule has 1 unspecified atom stereocenters. The Morgan fingerprint density at radius 2 is 1.56 bits per heavy atom. The van der Waals surface area contributed by atoms with Crippen LogP contribution in [-0.4, -0.2) is 15.8 Å². The minimum Gasteiger partial charge on any atom is -0.361 e. The Morgan fingerprint density at radius 3 is 2.44 bits per heavy atom. The summed E-state index contributed by atoms with van der Waals surface area (Å²) in [5, 5.41) is 1.14. The summed E-state index contributed by atoms with van der Waals surface area (Å²) in [7, 11) is 0. The summed E-state index contributed by atoms with van der Waals surface area (Å²) in [4.78, 5) is 18.5. The molecule has 1 aromatic heterocycles. The van der Waals surface area contributed by atoms with Crippen LogP contribution >= 0.6 is 0 Å². The number of aromatic nitrogens is 1. The Kier molecular flexibility index (Phi) is 3.65. The predicted octanol–water partition coefficient (Wildman–Crippen LogP) is 5.38. The number of amides is 1. The number of aromatic amines is 1. The number of carbonyl (C=O) groups excluding carboxylic acids is 1. The average Bonchev–Trinajstić information content (AvgIpc) is 3.17. The van der Waals surface area contributed by atoms with Gasteiger partial charge in [-0.2, -0.15) is 0 Å². The van der Waals surface area contributed by atoms with Gasteiger partial charge in [-0.15, -0.1) is 0 Å². The molecule has 4 aromatic rings. The number of hydrogen-bond donors (Lipinski definition) is 1. The fourth-order valence-electron chi connectivity index (χ4n) is 3.86. The molecule has 130 valence electrons. The number of para-hydroxylation sites is 1. The first-order chi connectivity index (χ1) is 13.3. The zero-order valence-corrected chi connectivity index (χ0v) is 14.7. The summed E-state index contributed by atoms with van der Waals surface area (Å²) in [5.74, 6) is -0.00312. The van der Waals surface area contributed by atoms with Crippen LogP contribution in [0.5, 0.6) is 0 Å². The Morgan fingerprint density at radius 1 is 0.815 bits per heavy atom. The van der Waals surface area contributed by atoms with Gasteiger partial charge in [-0.25, -0.2) is 0 Å². The third-order valence-electron chi connectivity index (χ3n) is 5.15. The van der Waals surface area contributed by atoms with Crippen molar-refractivity contribution in [1.82, 2.24) is 9.88 Å². The normalized spacial score (nSPS) is 15.7. The minimum atomic E-state index is -0.171. The van der Waals surface area contributed by atoms with E-state index in [1.165, 1.54) is 0 Å². The van der Waals surface area contributed by atoms with E-state index in [0.717, 1.165) is 27.6 Å². The maximum Gasteiger partial charge on any atom is 0.258 e. The topological polar surface area (TPSA) is 36.1 Å². The van der Waals surface area contributed by atoms with E-state index in [1.54, 1.807) is 0 Å². The molecule has 1 aliphatic heterocycles. The minimum absolute atomic E-state index is 0.00312. The molecule has 0 aliphatic carbocycles. The summed E-state index contributed by atoms with van der Waals surface area (Å²) >= 11 is 0. The second-order valence-electron chi connectivity index (χ2n) is 6.72. The predicted molar refractivity (Wildman–Crippen MR) is 108 cm³/mol. The Balaban J connectivity index is 1.70. The van der Waals surface area contributed by atoms with E-state index in [2.05, 4.69) is 29.2 Å². The van der Waals surface area contributed by atoms with Crippen molar-refractivity contribution in [2.24, 2.45) is 0 Å². The highest BCUT2D eigenvalue weighted by molar-refractivity contribution is 5.97. The highest BCUT2D eigenvalue weighted by atomic mass is 16.2. The quantitative estimate of drug-likeness (QED) is 0.517. The van der Waals surface area contributed by atoms with Gasteiger partial charge in [-0.3, -0.25) is 4.79 Å². The number of hydrogen-bond acceptors (Lipinski definition) is 1. The van der Waals surface area contributed by atoms with Crippen LogP contribution in [0.25, 0.3) is 17.0 Å². The largest absolute Gasteiger partial charge is 0.361 e. The highest BCUT2D eigenvalue weighted by Gasteiger charge is 2.31. The van der Waals surface area contributed by atoms with Gasteiger partial charge in [0.25, 0.3) is 5.91 Å². The van der Waals surface area contributed by atoms with Crippen molar-refractivity contribution in [3.63, 3.8) is 0 Å². The molecule has 5 rings (SSSR count). The summed E-state index contributed by atoms with van der Waals surface area (Å²) in [6, 6.07) is 25.8. The summed E-state index contributed by atoms with van der Waals surface area (Å²) < 4.78 is 0. The number of benzene rings is 3. The van der Waals surface area contributed by atoms with Crippen LogP contribution in [0.15, 0.2) is 91.3 Å². The monoisotopic (exact) mass is 350 g/mol. The lowest BCUT2D eigenvalue weighted by Gasteiger charge is -2.33. The lowest BCUT2D eigenvalue weighted by molar-refractivity contribution is 0.0788. The molecule has 3 aromatic carbocycles. The van der Waals surface area contributed by atoms with Crippen molar-refractivity contribution in [2.45, 2.75) is 6.04 Å². The van der Waals surface area contributed by atoms with E-state index in [0.29, 0.717) is 5.56 Å². The van der Waals surface area contributed by atoms with Gasteiger partial charge in [0.1, 0.15) is 0 Å².